The van der Waals surface area contributed by atoms with Crippen LogP contribution in [0.15, 0.2) is 23.1 Å². The largest absolute Gasteiger partial charge is 0.398 e. The second-order valence-electron chi connectivity index (χ2n) is 3.63. The number of anilines is 1. The molecule has 0 radical (unpaired) electrons. The van der Waals surface area contributed by atoms with E-state index in [0.717, 1.165) is 0 Å². The van der Waals surface area contributed by atoms with Crippen LogP contribution in [-0.4, -0.2) is 28.2 Å². The van der Waals surface area contributed by atoms with Gasteiger partial charge in [0.2, 0.25) is 10.0 Å². The summed E-state index contributed by atoms with van der Waals surface area (Å²) in [6.45, 7) is 3.37. The molecule has 0 aromatic heterocycles. The Morgan fingerprint density at radius 2 is 2.17 bits per heavy atom. The summed E-state index contributed by atoms with van der Waals surface area (Å²) in [5.74, 6) is 0. The lowest BCUT2D eigenvalue weighted by atomic mass is 10.3. The first-order valence-electron chi connectivity index (χ1n) is 5.60. The first kappa shape index (κ1) is 15.2. The Morgan fingerprint density at radius 3 is 2.78 bits per heavy atom. The molecule has 0 bridgehead atoms. The number of halogens is 1. The van der Waals surface area contributed by atoms with Gasteiger partial charge in [0.25, 0.3) is 0 Å². The molecular formula is C11H17ClN2O3S. The second kappa shape index (κ2) is 6.94. The van der Waals surface area contributed by atoms with Crippen LogP contribution in [0.25, 0.3) is 0 Å². The van der Waals surface area contributed by atoms with Crippen LogP contribution < -0.4 is 10.5 Å². The van der Waals surface area contributed by atoms with E-state index in [-0.39, 0.29) is 9.92 Å². The average Bonchev–Trinajstić information content (AvgIpc) is 2.32. The van der Waals surface area contributed by atoms with Crippen molar-refractivity contribution < 1.29 is 13.2 Å². The maximum atomic E-state index is 11.9. The van der Waals surface area contributed by atoms with Crippen LogP contribution in [0.1, 0.15) is 13.3 Å². The van der Waals surface area contributed by atoms with E-state index in [9.17, 15) is 8.42 Å². The van der Waals surface area contributed by atoms with Gasteiger partial charge in [-0.3, -0.25) is 0 Å². The molecule has 3 N–H and O–H groups in total. The Morgan fingerprint density at radius 1 is 1.44 bits per heavy atom. The normalized spacial score (nSPS) is 11.7. The Balaban J connectivity index is 2.60. The van der Waals surface area contributed by atoms with E-state index in [0.29, 0.717) is 31.9 Å². The van der Waals surface area contributed by atoms with E-state index >= 15 is 0 Å². The lowest BCUT2D eigenvalue weighted by molar-refractivity contribution is 0.146. The fraction of sp³-hybridized carbons (Fsp3) is 0.455. The fourth-order valence-corrected chi connectivity index (χ4v) is 2.63. The first-order chi connectivity index (χ1) is 8.47. The lowest BCUT2D eigenvalue weighted by Gasteiger charge is -2.08. The van der Waals surface area contributed by atoms with E-state index < -0.39 is 10.0 Å². The highest BCUT2D eigenvalue weighted by Crippen LogP contribution is 2.22. The molecule has 1 aromatic carbocycles. The van der Waals surface area contributed by atoms with Gasteiger partial charge in [-0.05, 0) is 31.5 Å². The summed E-state index contributed by atoms with van der Waals surface area (Å²) in [5.41, 5.74) is 5.88. The van der Waals surface area contributed by atoms with Crippen LogP contribution in [0.2, 0.25) is 5.02 Å². The monoisotopic (exact) mass is 292 g/mol. The van der Waals surface area contributed by atoms with Gasteiger partial charge in [-0.2, -0.15) is 0 Å². The minimum absolute atomic E-state index is 0.109. The van der Waals surface area contributed by atoms with Crippen LogP contribution in [-0.2, 0) is 14.8 Å². The topological polar surface area (TPSA) is 81.4 Å². The molecule has 0 aliphatic rings. The highest BCUT2D eigenvalue weighted by molar-refractivity contribution is 7.89. The lowest BCUT2D eigenvalue weighted by Crippen LogP contribution is -2.25. The van der Waals surface area contributed by atoms with Gasteiger partial charge >= 0.3 is 0 Å². The van der Waals surface area contributed by atoms with Gasteiger partial charge < -0.3 is 10.5 Å². The standard InChI is InChI=1S/C11H17ClN2O3S/c1-2-17-7-3-6-14-18(15,16)9-4-5-11(13)10(12)8-9/h4-5,8,14H,2-3,6-7,13H2,1H3. The number of hydrogen-bond donors (Lipinski definition) is 2. The average molecular weight is 293 g/mol. The van der Waals surface area contributed by atoms with Crippen molar-refractivity contribution in [2.75, 3.05) is 25.5 Å². The van der Waals surface area contributed by atoms with Crippen molar-refractivity contribution in [1.29, 1.82) is 0 Å². The molecule has 102 valence electrons. The number of benzene rings is 1. The van der Waals surface area contributed by atoms with Crippen molar-refractivity contribution in [2.24, 2.45) is 0 Å². The number of ether oxygens (including phenoxy) is 1. The maximum absolute atomic E-state index is 11.9. The smallest absolute Gasteiger partial charge is 0.240 e. The molecule has 7 heteroatoms. The molecule has 0 amide bonds. The van der Waals surface area contributed by atoms with E-state index in [1.165, 1.54) is 18.2 Å². The summed E-state index contributed by atoms with van der Waals surface area (Å²) >= 11 is 5.79. The number of nitrogens with one attached hydrogen (secondary N) is 1. The van der Waals surface area contributed by atoms with Gasteiger partial charge in [0, 0.05) is 19.8 Å². The molecule has 0 aliphatic carbocycles. The van der Waals surface area contributed by atoms with Gasteiger partial charge in [0.05, 0.1) is 15.6 Å². The van der Waals surface area contributed by atoms with Gasteiger partial charge in [0.15, 0.2) is 0 Å². The number of nitrogens with two attached hydrogens (primary N) is 1. The molecule has 0 saturated heterocycles. The van der Waals surface area contributed by atoms with Gasteiger partial charge in [-0.25, -0.2) is 13.1 Å². The van der Waals surface area contributed by atoms with Gasteiger partial charge in [-0.15, -0.1) is 0 Å². The van der Waals surface area contributed by atoms with E-state index in [1.54, 1.807) is 0 Å². The van der Waals surface area contributed by atoms with Crippen molar-refractivity contribution in [3.05, 3.63) is 23.2 Å². The van der Waals surface area contributed by atoms with Crippen molar-refractivity contribution in [2.45, 2.75) is 18.2 Å². The molecule has 0 aliphatic heterocycles. The van der Waals surface area contributed by atoms with E-state index in [4.69, 9.17) is 22.1 Å². The Labute approximate surface area is 112 Å². The SMILES string of the molecule is CCOCCCNS(=O)(=O)c1ccc(N)c(Cl)c1. The molecule has 0 spiro atoms. The zero-order valence-electron chi connectivity index (χ0n) is 10.1. The van der Waals surface area contributed by atoms with Crippen molar-refractivity contribution >= 4 is 27.3 Å². The van der Waals surface area contributed by atoms with E-state index in [2.05, 4.69) is 4.72 Å². The predicted octanol–water partition coefficient (Wildman–Crippen LogP) is 1.63. The number of nitrogen functional groups attached to an aromatic ring is 1. The molecule has 1 aromatic rings. The molecule has 0 unspecified atom stereocenters. The van der Waals surface area contributed by atoms with Crippen LogP contribution >= 0.6 is 11.6 Å². The van der Waals surface area contributed by atoms with Crippen molar-refractivity contribution in [3.63, 3.8) is 0 Å². The Bertz CT molecular complexity index is 491. The molecule has 0 saturated carbocycles. The number of hydrogen-bond acceptors (Lipinski definition) is 4. The predicted molar refractivity (Wildman–Crippen MR) is 72.2 cm³/mol. The highest BCUT2D eigenvalue weighted by Gasteiger charge is 2.14. The molecular weight excluding hydrogens is 276 g/mol. The molecule has 0 heterocycles. The minimum atomic E-state index is -3.53. The van der Waals surface area contributed by atoms with Gasteiger partial charge in [0.1, 0.15) is 0 Å². The maximum Gasteiger partial charge on any atom is 0.240 e. The van der Waals surface area contributed by atoms with Crippen LogP contribution in [0.5, 0.6) is 0 Å². The minimum Gasteiger partial charge on any atom is -0.398 e. The molecule has 0 fully saturated rings. The summed E-state index contributed by atoms with van der Waals surface area (Å²) < 4.78 is 31.3. The molecule has 18 heavy (non-hydrogen) atoms. The summed E-state index contributed by atoms with van der Waals surface area (Å²) in [6, 6.07) is 4.23. The molecule has 5 nitrogen and oxygen atoms in total. The van der Waals surface area contributed by atoms with Gasteiger partial charge in [-0.1, -0.05) is 11.6 Å². The van der Waals surface area contributed by atoms with E-state index in [1.807, 2.05) is 6.92 Å². The zero-order valence-corrected chi connectivity index (χ0v) is 11.7. The summed E-state index contributed by atoms with van der Waals surface area (Å²) in [5, 5.41) is 0.229. The Hall–Kier alpha value is -0.820. The van der Waals surface area contributed by atoms with Crippen molar-refractivity contribution in [1.82, 2.24) is 4.72 Å². The summed E-state index contributed by atoms with van der Waals surface area (Å²) in [6.07, 6.45) is 0.621. The molecule has 1 rings (SSSR count). The first-order valence-corrected chi connectivity index (χ1v) is 7.46. The third-order valence-corrected chi connectivity index (χ3v) is 4.03. The number of rotatable bonds is 7. The van der Waals surface area contributed by atoms with Crippen LogP contribution in [0.3, 0.4) is 0 Å². The van der Waals surface area contributed by atoms with Crippen molar-refractivity contribution in [3.8, 4) is 0 Å². The highest BCUT2D eigenvalue weighted by atomic mass is 35.5. The summed E-state index contributed by atoms with van der Waals surface area (Å²) in [4.78, 5) is 0.109. The second-order valence-corrected chi connectivity index (χ2v) is 5.81. The zero-order chi connectivity index (χ0) is 13.6. The Kier molecular flexibility index (Phi) is 5.87. The van der Waals surface area contributed by atoms with Crippen LogP contribution in [0.4, 0.5) is 5.69 Å². The fourth-order valence-electron chi connectivity index (χ4n) is 1.28. The van der Waals surface area contributed by atoms with Crippen LogP contribution in [0, 0.1) is 0 Å². The quantitative estimate of drug-likeness (QED) is 0.591. The molecule has 0 atom stereocenters. The third-order valence-electron chi connectivity index (χ3n) is 2.24. The summed E-state index contributed by atoms with van der Waals surface area (Å²) in [7, 11) is -3.53. The third kappa shape index (κ3) is 4.45. The number of sulfonamides is 1.